The van der Waals surface area contributed by atoms with Crippen LogP contribution in [0.15, 0.2) is 152 Å². The first-order chi connectivity index (χ1) is 21.0. The Morgan fingerprint density at radius 1 is 0.349 bits per heavy atom. The highest BCUT2D eigenvalue weighted by molar-refractivity contribution is 5.81. The zero-order valence-electron chi connectivity index (χ0n) is 22.9. The van der Waals surface area contributed by atoms with Gasteiger partial charge in [0.25, 0.3) is 11.4 Å². The minimum atomic E-state index is -0.402. The van der Waals surface area contributed by atoms with Crippen LogP contribution in [0.1, 0.15) is 0 Å². The van der Waals surface area contributed by atoms with Gasteiger partial charge in [-0.3, -0.25) is 20.2 Å². The molecule has 208 valence electrons. The van der Waals surface area contributed by atoms with Crippen molar-refractivity contribution in [2.24, 2.45) is 0 Å². The summed E-state index contributed by atoms with van der Waals surface area (Å²) in [5.74, 6) is 0. The number of nitro groups is 2. The van der Waals surface area contributed by atoms with Crippen molar-refractivity contribution in [3.8, 4) is 33.4 Å². The van der Waals surface area contributed by atoms with Crippen molar-refractivity contribution in [3.63, 3.8) is 0 Å². The molecule has 0 atom stereocenters. The van der Waals surface area contributed by atoms with E-state index in [0.29, 0.717) is 0 Å². The first-order valence-corrected chi connectivity index (χ1v) is 13.6. The summed E-state index contributed by atoms with van der Waals surface area (Å²) in [5, 5.41) is 22.1. The second kappa shape index (κ2) is 11.8. The highest BCUT2D eigenvalue weighted by Gasteiger charge is 2.14. The lowest BCUT2D eigenvalue weighted by atomic mass is 10.0. The Bertz CT molecular complexity index is 1770. The van der Waals surface area contributed by atoms with Gasteiger partial charge in [0.15, 0.2) is 0 Å². The predicted octanol–water partition coefficient (Wildman–Crippen LogP) is 9.97. The second-order valence-corrected chi connectivity index (χ2v) is 9.95. The molecule has 6 aromatic rings. The third-order valence-corrected chi connectivity index (χ3v) is 7.31. The number of hydrogen-bond acceptors (Lipinski definition) is 5. The van der Waals surface area contributed by atoms with Crippen LogP contribution in [0.5, 0.6) is 0 Å². The zero-order chi connectivity index (χ0) is 29.8. The molecule has 0 aliphatic heterocycles. The van der Waals surface area contributed by atoms with Crippen LogP contribution in [0.2, 0.25) is 0 Å². The summed E-state index contributed by atoms with van der Waals surface area (Å²) in [7, 11) is 0. The van der Waals surface area contributed by atoms with Crippen LogP contribution in [-0.2, 0) is 0 Å². The van der Waals surface area contributed by atoms with Gasteiger partial charge in [0.1, 0.15) is 0 Å². The van der Waals surface area contributed by atoms with E-state index < -0.39 is 9.85 Å². The van der Waals surface area contributed by atoms with E-state index in [0.717, 1.165) is 50.4 Å². The van der Waals surface area contributed by atoms with E-state index in [-0.39, 0.29) is 11.4 Å². The molecule has 6 aromatic carbocycles. The Kier molecular flexibility index (Phi) is 7.44. The Labute approximate surface area is 248 Å². The molecule has 0 saturated carbocycles. The maximum atomic E-state index is 11.1. The molecule has 0 spiro atoms. The van der Waals surface area contributed by atoms with Gasteiger partial charge in [-0.15, -0.1) is 0 Å². The lowest BCUT2D eigenvalue weighted by Crippen LogP contribution is -2.09. The second-order valence-electron chi connectivity index (χ2n) is 9.95. The minimum absolute atomic E-state index is 0.0580. The molecule has 0 heterocycles. The average molecular weight is 564 g/mol. The SMILES string of the molecule is O=[N+]([O-])c1ccc(-c2ccc(N(c3ccc(-c4ccccc4)cc3)c3ccc(-c4ccc([N+](=O)[O-])cc4)cc3)cc2)cc1. The molecule has 0 aliphatic rings. The molecule has 0 unspecified atom stereocenters. The molecule has 0 bridgehead atoms. The van der Waals surface area contributed by atoms with E-state index in [1.807, 2.05) is 66.7 Å². The van der Waals surface area contributed by atoms with Gasteiger partial charge < -0.3 is 4.90 Å². The quantitative estimate of drug-likeness (QED) is 0.136. The number of rotatable bonds is 8. The zero-order valence-corrected chi connectivity index (χ0v) is 22.9. The summed E-state index contributed by atoms with van der Waals surface area (Å²) in [6.45, 7) is 0. The molecule has 0 N–H and O–H groups in total. The molecule has 0 aliphatic carbocycles. The van der Waals surface area contributed by atoms with Crippen LogP contribution in [0.3, 0.4) is 0 Å². The summed E-state index contributed by atoms with van der Waals surface area (Å²) in [4.78, 5) is 23.5. The van der Waals surface area contributed by atoms with Gasteiger partial charge in [0.05, 0.1) is 9.85 Å². The van der Waals surface area contributed by atoms with Crippen LogP contribution in [0.25, 0.3) is 33.4 Å². The molecule has 0 aromatic heterocycles. The van der Waals surface area contributed by atoms with E-state index in [2.05, 4.69) is 41.3 Å². The minimum Gasteiger partial charge on any atom is -0.311 e. The van der Waals surface area contributed by atoms with E-state index in [1.54, 1.807) is 24.3 Å². The Morgan fingerprint density at radius 2 is 0.605 bits per heavy atom. The third kappa shape index (κ3) is 5.87. The molecule has 7 nitrogen and oxygen atoms in total. The van der Waals surface area contributed by atoms with Crippen LogP contribution in [-0.4, -0.2) is 9.85 Å². The first-order valence-electron chi connectivity index (χ1n) is 13.6. The highest BCUT2D eigenvalue weighted by Crippen LogP contribution is 2.38. The van der Waals surface area contributed by atoms with Gasteiger partial charge in [0.2, 0.25) is 0 Å². The molecule has 0 amide bonds. The van der Waals surface area contributed by atoms with Gasteiger partial charge in [-0.05, 0) is 94.0 Å². The smallest absolute Gasteiger partial charge is 0.269 e. The van der Waals surface area contributed by atoms with Crippen LogP contribution >= 0.6 is 0 Å². The maximum Gasteiger partial charge on any atom is 0.269 e. The number of nitrogens with zero attached hydrogens (tertiary/aromatic N) is 3. The average Bonchev–Trinajstić information content (AvgIpc) is 3.06. The van der Waals surface area contributed by atoms with E-state index in [4.69, 9.17) is 0 Å². The fourth-order valence-corrected chi connectivity index (χ4v) is 5.04. The predicted molar refractivity (Wildman–Crippen MR) is 171 cm³/mol. The Morgan fingerprint density at radius 3 is 0.884 bits per heavy atom. The summed E-state index contributed by atoms with van der Waals surface area (Å²) in [6.07, 6.45) is 0. The molecule has 43 heavy (non-hydrogen) atoms. The molecule has 6 rings (SSSR count). The van der Waals surface area contributed by atoms with Crippen molar-refractivity contribution in [2.75, 3.05) is 4.90 Å². The van der Waals surface area contributed by atoms with Crippen molar-refractivity contribution in [1.82, 2.24) is 0 Å². The lowest BCUT2D eigenvalue weighted by molar-refractivity contribution is -0.385. The van der Waals surface area contributed by atoms with Gasteiger partial charge in [-0.25, -0.2) is 0 Å². The topological polar surface area (TPSA) is 89.5 Å². The molecular formula is C36H25N3O4. The molecule has 0 fully saturated rings. The molecular weight excluding hydrogens is 538 g/mol. The lowest BCUT2D eigenvalue weighted by Gasteiger charge is -2.26. The third-order valence-electron chi connectivity index (χ3n) is 7.31. The normalized spacial score (nSPS) is 10.7. The number of non-ortho nitro benzene ring substituents is 2. The molecule has 0 saturated heterocycles. The van der Waals surface area contributed by atoms with Gasteiger partial charge in [0, 0.05) is 41.3 Å². The highest BCUT2D eigenvalue weighted by atomic mass is 16.6. The largest absolute Gasteiger partial charge is 0.311 e. The Balaban J connectivity index is 1.35. The van der Waals surface area contributed by atoms with E-state index in [1.165, 1.54) is 24.3 Å². The number of hydrogen-bond donors (Lipinski definition) is 0. The Hall–Kier alpha value is -6.08. The van der Waals surface area contributed by atoms with Crippen molar-refractivity contribution >= 4 is 28.4 Å². The standard InChI is InChI=1S/C36H25N3O4/c40-38(41)35-22-12-30(13-23-35)28-8-18-33(19-9-28)37(32-16-6-27(7-17-32)26-4-2-1-3-5-26)34-20-10-29(11-21-34)31-14-24-36(25-15-31)39(42)43/h1-25H. The van der Waals surface area contributed by atoms with E-state index >= 15 is 0 Å². The fraction of sp³-hybridized carbons (Fsp3) is 0. The van der Waals surface area contributed by atoms with E-state index in [9.17, 15) is 20.2 Å². The number of benzene rings is 6. The summed E-state index contributed by atoms with van der Waals surface area (Å²) in [6, 6.07) is 47.8. The van der Waals surface area contributed by atoms with Crippen LogP contribution in [0.4, 0.5) is 28.4 Å². The molecule has 7 heteroatoms. The molecule has 0 radical (unpaired) electrons. The summed E-state index contributed by atoms with van der Waals surface area (Å²) in [5.41, 5.74) is 8.93. The number of anilines is 3. The van der Waals surface area contributed by atoms with Crippen molar-refractivity contribution in [2.45, 2.75) is 0 Å². The van der Waals surface area contributed by atoms with Crippen molar-refractivity contribution < 1.29 is 9.85 Å². The summed E-state index contributed by atoms with van der Waals surface area (Å²) >= 11 is 0. The maximum absolute atomic E-state index is 11.1. The van der Waals surface area contributed by atoms with Gasteiger partial charge in [-0.2, -0.15) is 0 Å². The van der Waals surface area contributed by atoms with Crippen LogP contribution < -0.4 is 4.90 Å². The van der Waals surface area contributed by atoms with Crippen molar-refractivity contribution in [1.29, 1.82) is 0 Å². The number of nitro benzene ring substituents is 2. The summed E-state index contributed by atoms with van der Waals surface area (Å²) < 4.78 is 0. The first kappa shape index (κ1) is 27.1. The van der Waals surface area contributed by atoms with Gasteiger partial charge in [-0.1, -0.05) is 66.7 Å². The fourth-order valence-electron chi connectivity index (χ4n) is 5.04. The van der Waals surface area contributed by atoms with Gasteiger partial charge >= 0.3 is 0 Å². The van der Waals surface area contributed by atoms with Crippen LogP contribution in [0, 0.1) is 20.2 Å². The van der Waals surface area contributed by atoms with Crippen molar-refractivity contribution in [3.05, 3.63) is 172 Å². The monoisotopic (exact) mass is 563 g/mol.